The second-order valence-electron chi connectivity index (χ2n) is 7.63. The molecule has 1 aliphatic rings. The number of hydrogen-bond acceptors (Lipinski definition) is 4. The Hall–Kier alpha value is -4.19. The van der Waals surface area contributed by atoms with E-state index in [2.05, 4.69) is 6.58 Å². The molecule has 168 valence electrons. The van der Waals surface area contributed by atoms with E-state index < -0.39 is 11.9 Å². The molecule has 1 aliphatic carbocycles. The van der Waals surface area contributed by atoms with Crippen molar-refractivity contribution in [3.8, 4) is 5.75 Å². The van der Waals surface area contributed by atoms with Crippen LogP contribution in [0.5, 0.6) is 5.75 Å². The Morgan fingerprint density at radius 3 is 1.55 bits per heavy atom. The summed E-state index contributed by atoms with van der Waals surface area (Å²) in [6.45, 7) is 3.98. The van der Waals surface area contributed by atoms with Crippen molar-refractivity contribution in [2.45, 2.75) is 24.7 Å². The fourth-order valence-electron chi connectivity index (χ4n) is 3.78. The van der Waals surface area contributed by atoms with Crippen LogP contribution in [0.15, 0.2) is 79.4 Å². The molecule has 6 nitrogen and oxygen atoms in total. The number of carboxylic acids is 2. The molecular weight excluding hydrogens is 420 g/mol. The Labute approximate surface area is 191 Å². The Bertz CT molecular complexity index is 1110. The van der Waals surface area contributed by atoms with E-state index >= 15 is 0 Å². The predicted octanol–water partition coefficient (Wildman–Crippen LogP) is 5.61. The topological polar surface area (TPSA) is 101 Å². The van der Waals surface area contributed by atoms with E-state index in [-0.39, 0.29) is 0 Å². The van der Waals surface area contributed by atoms with Crippen LogP contribution in [-0.4, -0.2) is 28.6 Å². The normalized spacial score (nSPS) is 16.4. The number of rotatable bonds is 7. The average Bonchev–Trinajstić information content (AvgIpc) is 2.80. The van der Waals surface area contributed by atoms with Crippen molar-refractivity contribution in [1.82, 2.24) is 0 Å². The maximum atomic E-state index is 10.9. The summed E-state index contributed by atoms with van der Waals surface area (Å²) >= 11 is 0. The van der Waals surface area contributed by atoms with Crippen LogP contribution < -0.4 is 4.74 Å². The third-order valence-electron chi connectivity index (χ3n) is 5.75. The molecule has 0 unspecified atom stereocenters. The maximum absolute atomic E-state index is 10.9. The summed E-state index contributed by atoms with van der Waals surface area (Å²) in [6.07, 6.45) is 3.88. The molecule has 33 heavy (non-hydrogen) atoms. The minimum atomic E-state index is -0.902. The lowest BCUT2D eigenvalue weighted by molar-refractivity contribution is -0.120. The van der Waals surface area contributed by atoms with Crippen LogP contribution in [-0.2, 0) is 4.79 Å². The first-order valence-corrected chi connectivity index (χ1v) is 10.4. The molecule has 4 rings (SSSR count). The molecule has 1 fully saturated rings. The van der Waals surface area contributed by atoms with Crippen molar-refractivity contribution in [2.75, 3.05) is 0 Å². The van der Waals surface area contributed by atoms with E-state index in [1.165, 1.54) is 11.1 Å². The number of hydrogen-bond donors (Lipinski definition) is 2. The van der Waals surface area contributed by atoms with E-state index in [1.807, 2.05) is 24.3 Å². The van der Waals surface area contributed by atoms with Crippen molar-refractivity contribution in [3.63, 3.8) is 0 Å². The number of aromatic carboxylic acids is 2. The van der Waals surface area contributed by atoms with Gasteiger partial charge in [-0.2, -0.15) is 0 Å². The summed E-state index contributed by atoms with van der Waals surface area (Å²) in [5.41, 5.74) is 3.94. The van der Waals surface area contributed by atoms with Crippen LogP contribution in [0.25, 0.3) is 6.08 Å². The number of carboxylic acid groups (broad SMARTS) is 2. The molecule has 3 aromatic carbocycles. The lowest BCUT2D eigenvalue weighted by atomic mass is 9.67. The van der Waals surface area contributed by atoms with E-state index in [1.54, 1.807) is 54.6 Å². The van der Waals surface area contributed by atoms with Gasteiger partial charge in [-0.1, -0.05) is 49.1 Å². The van der Waals surface area contributed by atoms with Gasteiger partial charge in [-0.25, -0.2) is 9.59 Å². The SMILES string of the molecule is C=Cc1ccc(C(=O)O)cc1.O=COc1ccc([C@@H]2CC[C@H]2c2ccc(C(=O)O)cc2)cc1. The Kier molecular flexibility index (Phi) is 7.76. The zero-order chi connectivity index (χ0) is 23.8. The highest BCUT2D eigenvalue weighted by atomic mass is 16.5. The van der Waals surface area contributed by atoms with E-state index in [9.17, 15) is 14.4 Å². The molecule has 1 saturated carbocycles. The van der Waals surface area contributed by atoms with Crippen molar-refractivity contribution >= 4 is 24.5 Å². The summed E-state index contributed by atoms with van der Waals surface area (Å²) in [5, 5.41) is 17.5. The summed E-state index contributed by atoms with van der Waals surface area (Å²) in [7, 11) is 0. The number of carbonyl (C=O) groups is 3. The summed E-state index contributed by atoms with van der Waals surface area (Å²) in [5.74, 6) is -0.412. The molecular formula is C27H24O6. The molecule has 0 bridgehead atoms. The van der Waals surface area contributed by atoms with Gasteiger partial charge in [0, 0.05) is 0 Å². The fraction of sp³-hybridized carbons (Fsp3) is 0.148. The first kappa shape index (κ1) is 23.5. The lowest BCUT2D eigenvalue weighted by Crippen LogP contribution is -2.21. The van der Waals surface area contributed by atoms with Gasteiger partial charge >= 0.3 is 11.9 Å². The number of carbonyl (C=O) groups excluding carboxylic acids is 1. The van der Waals surface area contributed by atoms with Gasteiger partial charge in [-0.05, 0) is 77.8 Å². The van der Waals surface area contributed by atoms with Crippen molar-refractivity contribution in [1.29, 1.82) is 0 Å². The van der Waals surface area contributed by atoms with Gasteiger partial charge in [0.05, 0.1) is 11.1 Å². The summed E-state index contributed by atoms with van der Waals surface area (Å²) in [4.78, 5) is 31.6. The smallest absolute Gasteiger partial charge is 0.335 e. The predicted molar refractivity (Wildman–Crippen MR) is 125 cm³/mol. The molecule has 0 amide bonds. The Morgan fingerprint density at radius 1 is 0.758 bits per heavy atom. The molecule has 6 heteroatoms. The first-order valence-electron chi connectivity index (χ1n) is 10.4. The van der Waals surface area contributed by atoms with E-state index in [0.29, 0.717) is 35.2 Å². The lowest BCUT2D eigenvalue weighted by Gasteiger charge is -2.37. The average molecular weight is 444 g/mol. The Morgan fingerprint density at radius 2 is 1.18 bits per heavy atom. The monoisotopic (exact) mass is 444 g/mol. The third-order valence-corrected chi connectivity index (χ3v) is 5.75. The minimum absolute atomic E-state index is 0.301. The first-order chi connectivity index (χ1) is 15.9. The second-order valence-corrected chi connectivity index (χ2v) is 7.63. The van der Waals surface area contributed by atoms with E-state index in [4.69, 9.17) is 14.9 Å². The maximum Gasteiger partial charge on any atom is 0.335 e. The fourth-order valence-corrected chi connectivity index (χ4v) is 3.78. The van der Waals surface area contributed by atoms with Gasteiger partial charge in [0.2, 0.25) is 0 Å². The van der Waals surface area contributed by atoms with Crippen LogP contribution >= 0.6 is 0 Å². The highest BCUT2D eigenvalue weighted by Crippen LogP contribution is 2.49. The van der Waals surface area contributed by atoms with Gasteiger partial charge in [-0.15, -0.1) is 0 Å². The largest absolute Gasteiger partial charge is 0.478 e. The van der Waals surface area contributed by atoms with Crippen molar-refractivity contribution < 1.29 is 29.3 Å². The molecule has 0 aliphatic heterocycles. The molecule has 0 spiro atoms. The molecule has 2 N–H and O–H groups in total. The standard InChI is InChI=1S/C18H16O4.C9H8O2/c19-11-22-15-7-5-13(6-8-15)17-10-9-16(17)12-1-3-14(4-2-12)18(20)21;1-2-7-3-5-8(6-4-7)9(10)11/h1-8,11,16-17H,9-10H2,(H,20,21);2-6H,1H2,(H,10,11)/t16-,17-;/m0./s1. The van der Waals surface area contributed by atoms with Crippen LogP contribution in [0.3, 0.4) is 0 Å². The minimum Gasteiger partial charge on any atom is -0.478 e. The van der Waals surface area contributed by atoms with Crippen LogP contribution in [0.1, 0.15) is 62.1 Å². The van der Waals surface area contributed by atoms with Crippen molar-refractivity contribution in [3.05, 3.63) is 107 Å². The zero-order valence-corrected chi connectivity index (χ0v) is 17.9. The highest BCUT2D eigenvalue weighted by molar-refractivity contribution is 5.88. The quantitative estimate of drug-likeness (QED) is 0.460. The zero-order valence-electron chi connectivity index (χ0n) is 17.9. The number of ether oxygens (including phenoxy) is 1. The number of benzene rings is 3. The Balaban J connectivity index is 0.000000235. The molecule has 0 radical (unpaired) electrons. The van der Waals surface area contributed by atoms with Crippen LogP contribution in [0, 0.1) is 0 Å². The van der Waals surface area contributed by atoms with Gasteiger partial charge in [0.25, 0.3) is 6.47 Å². The highest BCUT2D eigenvalue weighted by Gasteiger charge is 2.33. The molecule has 0 saturated heterocycles. The van der Waals surface area contributed by atoms with Gasteiger partial charge < -0.3 is 14.9 Å². The summed E-state index contributed by atoms with van der Waals surface area (Å²) in [6, 6.07) is 21.3. The molecule has 0 aromatic heterocycles. The van der Waals surface area contributed by atoms with Gasteiger partial charge in [0.15, 0.2) is 0 Å². The van der Waals surface area contributed by atoms with E-state index in [0.717, 1.165) is 18.4 Å². The summed E-state index contributed by atoms with van der Waals surface area (Å²) < 4.78 is 4.80. The molecule has 3 aromatic rings. The molecule has 0 heterocycles. The van der Waals surface area contributed by atoms with Crippen LogP contribution in [0.4, 0.5) is 0 Å². The van der Waals surface area contributed by atoms with Crippen molar-refractivity contribution in [2.24, 2.45) is 0 Å². The third kappa shape index (κ3) is 5.95. The molecule has 2 atom stereocenters. The van der Waals surface area contributed by atoms with Crippen LogP contribution in [0.2, 0.25) is 0 Å². The van der Waals surface area contributed by atoms with Gasteiger partial charge in [0.1, 0.15) is 5.75 Å². The van der Waals surface area contributed by atoms with Gasteiger partial charge in [-0.3, -0.25) is 4.79 Å². The second kappa shape index (κ2) is 10.9.